The summed E-state index contributed by atoms with van der Waals surface area (Å²) < 4.78 is 39.4. The number of ether oxygens (including phenoxy) is 1. The number of carbonyl (C=O) groups excluding carboxylic acids is 2. The van der Waals surface area contributed by atoms with E-state index >= 15 is 0 Å². The monoisotopic (exact) mass is 262 g/mol. The van der Waals surface area contributed by atoms with Gasteiger partial charge in [-0.1, -0.05) is 15.9 Å². The summed E-state index contributed by atoms with van der Waals surface area (Å²) in [6.07, 6.45) is -5.03. The van der Waals surface area contributed by atoms with E-state index in [9.17, 15) is 22.8 Å². The molecule has 0 saturated carbocycles. The summed E-state index contributed by atoms with van der Waals surface area (Å²) in [6.45, 7) is 1.35. The maximum Gasteiger partial charge on any atom is 0.451 e. The molecule has 0 amide bonds. The van der Waals surface area contributed by atoms with Gasteiger partial charge in [0.25, 0.3) is 5.78 Å². The maximum atomic E-state index is 11.7. The molecule has 0 saturated heterocycles. The molecule has 0 N–H and O–H groups in total. The van der Waals surface area contributed by atoms with Crippen LogP contribution < -0.4 is 0 Å². The van der Waals surface area contributed by atoms with Crippen molar-refractivity contribution < 1.29 is 27.5 Å². The Bertz CT molecular complexity index is 214. The Morgan fingerprint density at radius 3 is 2.23 bits per heavy atom. The lowest BCUT2D eigenvalue weighted by Gasteiger charge is -2.09. The fraction of sp³-hybridized carbons (Fsp3) is 0.667. The summed E-state index contributed by atoms with van der Waals surface area (Å²) in [5, 5.41) is 0. The number of Topliss-reactive ketones (excluding diaryl/α,β-unsaturated/α-hetero) is 1. The first kappa shape index (κ1) is 12.4. The average molecular weight is 263 g/mol. The Kier molecular flexibility index (Phi) is 4.38. The topological polar surface area (TPSA) is 43.4 Å². The highest BCUT2D eigenvalue weighted by Gasteiger charge is 2.45. The molecule has 0 aliphatic carbocycles. The molecule has 0 bridgehead atoms. The van der Waals surface area contributed by atoms with Gasteiger partial charge in [-0.05, 0) is 6.92 Å². The maximum absolute atomic E-state index is 11.7. The molecule has 1 atom stereocenters. The summed E-state index contributed by atoms with van der Waals surface area (Å²) >= 11 is 2.30. The number of hydrogen-bond donors (Lipinski definition) is 0. The molecule has 0 rings (SSSR count). The molecule has 0 unspecified atom stereocenters. The van der Waals surface area contributed by atoms with Crippen molar-refractivity contribution in [2.75, 3.05) is 6.61 Å². The molecule has 0 aromatic rings. The molecule has 0 spiro atoms. The Balaban J connectivity index is 4.35. The van der Waals surface area contributed by atoms with Crippen LogP contribution in [0.15, 0.2) is 0 Å². The normalized spacial score (nSPS) is 13.6. The predicted molar refractivity (Wildman–Crippen MR) is 40.4 cm³/mol. The van der Waals surface area contributed by atoms with Crippen LogP contribution in [0.5, 0.6) is 0 Å². The second-order valence-corrected chi connectivity index (χ2v) is 2.89. The smallest absolute Gasteiger partial charge is 0.451 e. The number of halogens is 4. The molecule has 0 aliphatic rings. The van der Waals surface area contributed by atoms with Crippen LogP contribution in [-0.4, -0.2) is 29.4 Å². The molecule has 0 aromatic heterocycles. The van der Waals surface area contributed by atoms with Gasteiger partial charge in [0, 0.05) is 0 Å². The van der Waals surface area contributed by atoms with Gasteiger partial charge in [0.15, 0.2) is 4.83 Å². The van der Waals surface area contributed by atoms with Crippen LogP contribution >= 0.6 is 15.9 Å². The van der Waals surface area contributed by atoms with Gasteiger partial charge in [0.05, 0.1) is 6.61 Å². The van der Waals surface area contributed by atoms with Gasteiger partial charge in [-0.3, -0.25) is 9.59 Å². The Labute approximate surface area is 80.4 Å². The highest BCUT2D eigenvalue weighted by Crippen LogP contribution is 2.21. The van der Waals surface area contributed by atoms with Crippen molar-refractivity contribution >= 4 is 27.7 Å². The van der Waals surface area contributed by atoms with E-state index in [0.29, 0.717) is 0 Å². The number of esters is 1. The van der Waals surface area contributed by atoms with E-state index in [1.165, 1.54) is 6.92 Å². The van der Waals surface area contributed by atoms with E-state index in [-0.39, 0.29) is 6.61 Å². The van der Waals surface area contributed by atoms with Gasteiger partial charge in [0.2, 0.25) is 0 Å². The highest BCUT2D eigenvalue weighted by molar-refractivity contribution is 9.10. The van der Waals surface area contributed by atoms with E-state index in [1.54, 1.807) is 0 Å². The second-order valence-electron chi connectivity index (χ2n) is 1.98. The minimum Gasteiger partial charge on any atom is -0.465 e. The molecule has 0 heterocycles. The SMILES string of the molecule is CCOC(=O)[C@H](Br)C(=O)C(F)(F)F. The molecule has 7 heteroatoms. The molecule has 3 nitrogen and oxygen atoms in total. The first-order valence-corrected chi connectivity index (χ1v) is 4.14. The minimum atomic E-state index is -5.03. The Morgan fingerprint density at radius 1 is 1.46 bits per heavy atom. The van der Waals surface area contributed by atoms with Crippen LogP contribution in [0.3, 0.4) is 0 Å². The fourth-order valence-electron chi connectivity index (χ4n) is 0.466. The van der Waals surface area contributed by atoms with Crippen LogP contribution in [0.2, 0.25) is 0 Å². The molecule has 0 radical (unpaired) electrons. The second kappa shape index (κ2) is 4.59. The van der Waals surface area contributed by atoms with Gasteiger partial charge >= 0.3 is 12.1 Å². The molecular formula is C6H6BrF3O3. The zero-order valence-electron chi connectivity index (χ0n) is 6.52. The lowest BCUT2D eigenvalue weighted by molar-refractivity contribution is -0.173. The predicted octanol–water partition coefficient (Wildman–Crippen LogP) is 1.44. The third-order valence-electron chi connectivity index (χ3n) is 1.00. The van der Waals surface area contributed by atoms with Crippen molar-refractivity contribution in [3.05, 3.63) is 0 Å². The average Bonchev–Trinajstić information content (AvgIpc) is 2.00. The van der Waals surface area contributed by atoms with Crippen LogP contribution in [0.1, 0.15) is 6.92 Å². The van der Waals surface area contributed by atoms with E-state index < -0.39 is 22.8 Å². The number of hydrogen-bond acceptors (Lipinski definition) is 3. The van der Waals surface area contributed by atoms with Crippen LogP contribution in [0.25, 0.3) is 0 Å². The summed E-state index contributed by atoms with van der Waals surface area (Å²) in [5.74, 6) is -3.39. The Morgan fingerprint density at radius 2 is 1.92 bits per heavy atom. The van der Waals surface area contributed by atoms with Gasteiger partial charge in [-0.15, -0.1) is 0 Å². The van der Waals surface area contributed by atoms with Crippen molar-refractivity contribution in [1.29, 1.82) is 0 Å². The lowest BCUT2D eigenvalue weighted by atomic mass is 10.3. The van der Waals surface area contributed by atoms with Crippen LogP contribution in [0, 0.1) is 0 Å². The number of alkyl halides is 4. The summed E-state index contributed by atoms with van der Waals surface area (Å²) in [6, 6.07) is 0. The molecular weight excluding hydrogens is 257 g/mol. The standard InChI is InChI=1S/C6H6BrF3O3/c1-2-13-5(12)3(7)4(11)6(8,9)10/h3H,2H2,1H3/t3-/m1/s1. The summed E-state index contributed by atoms with van der Waals surface area (Å²) in [7, 11) is 0. The zero-order valence-corrected chi connectivity index (χ0v) is 8.11. The number of rotatable bonds is 3. The molecule has 0 aromatic carbocycles. The summed E-state index contributed by atoms with van der Waals surface area (Å²) in [5.41, 5.74) is 0. The molecule has 76 valence electrons. The number of carbonyl (C=O) groups is 2. The fourth-order valence-corrected chi connectivity index (χ4v) is 0.858. The van der Waals surface area contributed by atoms with E-state index in [1.807, 2.05) is 0 Å². The lowest BCUT2D eigenvalue weighted by Crippen LogP contribution is -2.36. The van der Waals surface area contributed by atoms with Crippen LogP contribution in [-0.2, 0) is 14.3 Å². The van der Waals surface area contributed by atoms with E-state index in [4.69, 9.17) is 0 Å². The van der Waals surface area contributed by atoms with Crippen LogP contribution in [0.4, 0.5) is 13.2 Å². The molecule has 0 fully saturated rings. The Hall–Kier alpha value is -0.590. The van der Waals surface area contributed by atoms with Crippen molar-refractivity contribution in [2.45, 2.75) is 17.9 Å². The molecule has 0 aliphatic heterocycles. The van der Waals surface area contributed by atoms with Gasteiger partial charge in [0.1, 0.15) is 0 Å². The van der Waals surface area contributed by atoms with Gasteiger partial charge in [-0.25, -0.2) is 0 Å². The van der Waals surface area contributed by atoms with Crippen molar-refractivity contribution in [3.63, 3.8) is 0 Å². The van der Waals surface area contributed by atoms with E-state index in [2.05, 4.69) is 20.7 Å². The van der Waals surface area contributed by atoms with Crippen molar-refractivity contribution in [1.82, 2.24) is 0 Å². The molecule has 13 heavy (non-hydrogen) atoms. The van der Waals surface area contributed by atoms with Gasteiger partial charge < -0.3 is 4.74 Å². The third kappa shape index (κ3) is 3.75. The van der Waals surface area contributed by atoms with Crippen molar-refractivity contribution in [2.24, 2.45) is 0 Å². The largest absolute Gasteiger partial charge is 0.465 e. The van der Waals surface area contributed by atoms with E-state index in [0.717, 1.165) is 0 Å². The summed E-state index contributed by atoms with van der Waals surface area (Å²) in [4.78, 5) is 19.1. The number of ketones is 1. The quantitative estimate of drug-likeness (QED) is 0.439. The zero-order chi connectivity index (χ0) is 10.6. The van der Waals surface area contributed by atoms with Gasteiger partial charge in [-0.2, -0.15) is 13.2 Å². The van der Waals surface area contributed by atoms with Crippen molar-refractivity contribution in [3.8, 4) is 0 Å². The third-order valence-corrected chi connectivity index (χ3v) is 1.79. The highest BCUT2D eigenvalue weighted by atomic mass is 79.9. The first-order valence-electron chi connectivity index (χ1n) is 3.22. The first-order chi connectivity index (χ1) is 5.80. The minimum absolute atomic E-state index is 0.0773.